The fraction of sp³-hybridized carbons (Fsp3) is 0. The molecule has 0 aliphatic carbocycles. The van der Waals surface area contributed by atoms with E-state index in [1.165, 1.54) is 0 Å². The van der Waals surface area contributed by atoms with E-state index in [1.54, 1.807) is 24.3 Å². The first-order chi connectivity index (χ1) is 28.5. The highest BCUT2D eigenvalue weighted by molar-refractivity contribution is 6.25. The molecule has 0 aliphatic heterocycles. The van der Waals surface area contributed by atoms with E-state index >= 15 is 0 Å². The van der Waals surface area contributed by atoms with Crippen LogP contribution in [0.25, 0.3) is 98.8 Å². The van der Waals surface area contributed by atoms with Crippen LogP contribution in [-0.4, -0.2) is 0 Å². The minimum atomic E-state index is -0.414. The summed E-state index contributed by atoms with van der Waals surface area (Å²) < 4.78 is 98.8. The monoisotopic (exact) mass is 632 g/mol. The lowest BCUT2D eigenvalue weighted by Crippen LogP contribution is -1.91. The van der Waals surface area contributed by atoms with E-state index in [4.69, 9.17) is 11.3 Å². The van der Waals surface area contributed by atoms with E-state index in [2.05, 4.69) is 0 Å². The molecule has 1 heteroatoms. The predicted molar refractivity (Wildman–Crippen MR) is 208 cm³/mol. The molecule has 10 rings (SSSR count). The molecule has 228 valence electrons. The van der Waals surface area contributed by atoms with Crippen molar-refractivity contribution >= 4 is 54.3 Å². The maximum Gasteiger partial charge on any atom is 0.136 e. The van der Waals surface area contributed by atoms with Crippen molar-refractivity contribution < 1.29 is 18.1 Å². The van der Waals surface area contributed by atoms with Crippen LogP contribution >= 0.6 is 0 Å². The Labute approximate surface area is 298 Å². The molecule has 0 spiro atoms. The Balaban J connectivity index is 1.36. The van der Waals surface area contributed by atoms with E-state index in [9.17, 15) is 6.85 Å². The largest absolute Gasteiger partial charge is 0.456 e. The normalized spacial score (nSPS) is 14.5. The average molecular weight is 633 g/mol. The molecule has 0 fully saturated rings. The van der Waals surface area contributed by atoms with Crippen LogP contribution in [0.3, 0.4) is 0 Å². The van der Waals surface area contributed by atoms with Gasteiger partial charge < -0.3 is 4.42 Å². The second-order valence-corrected chi connectivity index (χ2v) is 12.0. The molecule has 0 N–H and O–H groups in total. The molecule has 0 unspecified atom stereocenters. The van der Waals surface area contributed by atoms with Gasteiger partial charge in [0.15, 0.2) is 0 Å². The molecule has 1 aromatic heterocycles. The second-order valence-electron chi connectivity index (χ2n) is 12.0. The van der Waals surface area contributed by atoms with Crippen molar-refractivity contribution in [3.63, 3.8) is 0 Å². The third kappa shape index (κ3) is 4.40. The van der Waals surface area contributed by atoms with Gasteiger partial charge in [-0.15, -0.1) is 0 Å². The number of hydrogen-bond donors (Lipinski definition) is 0. The van der Waals surface area contributed by atoms with Crippen molar-refractivity contribution in [2.24, 2.45) is 0 Å². The van der Waals surface area contributed by atoms with Crippen LogP contribution in [0.4, 0.5) is 0 Å². The lowest BCUT2D eigenvalue weighted by atomic mass is 9.84. The van der Waals surface area contributed by atoms with Crippen LogP contribution in [0.5, 0.6) is 0 Å². The van der Waals surface area contributed by atoms with E-state index in [-0.39, 0.29) is 98.6 Å². The zero-order chi connectivity index (χ0) is 41.0. The first-order valence-electron chi connectivity index (χ1n) is 21.0. The number of benzene rings is 9. The molecule has 1 nitrogen and oxygen atoms in total. The Morgan fingerprint density at radius 3 is 1.78 bits per heavy atom. The number of hydrogen-bond acceptors (Lipinski definition) is 1. The van der Waals surface area contributed by atoms with Crippen molar-refractivity contribution in [3.05, 3.63) is 182 Å². The molecule has 0 amide bonds. The highest BCUT2D eigenvalue weighted by Crippen LogP contribution is 2.47. The summed E-state index contributed by atoms with van der Waals surface area (Å²) in [4.78, 5) is 0. The Hall–Kier alpha value is -6.44. The Bertz CT molecular complexity index is 3380. The van der Waals surface area contributed by atoms with Crippen molar-refractivity contribution in [1.29, 1.82) is 0 Å². The molecule has 1 heterocycles. The molecule has 0 radical (unpaired) electrons. The molecule has 0 bridgehead atoms. The third-order valence-electron chi connectivity index (χ3n) is 9.25. The highest BCUT2D eigenvalue weighted by atomic mass is 16.3. The molecule has 0 saturated heterocycles. The lowest BCUT2D eigenvalue weighted by Gasteiger charge is -2.19. The van der Waals surface area contributed by atoms with Crippen LogP contribution in [0.15, 0.2) is 186 Å². The van der Waals surface area contributed by atoms with Gasteiger partial charge in [0.25, 0.3) is 0 Å². The molecule has 0 aliphatic rings. The standard InChI is InChI=1S/C48H30O/c1-2-13-31(14-3-1)33-27-28-42-45(30-33)49-44-26-12-25-43(48(42)44)47-40-22-8-6-20-38(40)46(39-21-7-9-23-41(39)47)35-18-10-17-34(29-35)37-24-11-16-32-15-4-5-19-36(32)37/h1-30H/i10D,12D,17D,18D,25D,26D,27D,28D,29D,30D. The summed E-state index contributed by atoms with van der Waals surface area (Å²) in [6, 6.07) is 34.2. The number of furan rings is 1. The Morgan fingerprint density at radius 2 is 1.00 bits per heavy atom. The maximum atomic E-state index is 9.78. The van der Waals surface area contributed by atoms with Crippen LogP contribution < -0.4 is 0 Å². The second kappa shape index (κ2) is 11.1. The third-order valence-corrected chi connectivity index (χ3v) is 9.25. The van der Waals surface area contributed by atoms with Gasteiger partial charge in [-0.05, 0) is 101 Å². The van der Waals surface area contributed by atoms with Gasteiger partial charge in [-0.3, -0.25) is 0 Å². The Kier molecular flexibility index (Phi) is 4.39. The number of fused-ring (bicyclic) bond motifs is 6. The van der Waals surface area contributed by atoms with Gasteiger partial charge in [-0.2, -0.15) is 0 Å². The average Bonchev–Trinajstić information content (AvgIpc) is 3.66. The molecule has 10 aromatic rings. The summed E-state index contributed by atoms with van der Waals surface area (Å²) in [5.41, 5.74) is 2.81. The van der Waals surface area contributed by atoms with Gasteiger partial charge in [-0.25, -0.2) is 0 Å². The van der Waals surface area contributed by atoms with Crippen LogP contribution in [0, 0.1) is 0 Å². The van der Waals surface area contributed by atoms with E-state index in [0.717, 1.165) is 10.8 Å². The van der Waals surface area contributed by atoms with Crippen LogP contribution in [-0.2, 0) is 0 Å². The van der Waals surface area contributed by atoms with E-state index in [0.29, 0.717) is 43.8 Å². The number of rotatable bonds is 4. The van der Waals surface area contributed by atoms with Crippen molar-refractivity contribution in [2.75, 3.05) is 0 Å². The summed E-state index contributed by atoms with van der Waals surface area (Å²) in [5, 5.41) is 4.27. The summed E-state index contributed by atoms with van der Waals surface area (Å²) >= 11 is 0. The van der Waals surface area contributed by atoms with Gasteiger partial charge in [0.2, 0.25) is 0 Å². The van der Waals surface area contributed by atoms with Crippen molar-refractivity contribution in [2.45, 2.75) is 0 Å². The van der Waals surface area contributed by atoms with Gasteiger partial charge in [0, 0.05) is 10.8 Å². The quantitative estimate of drug-likeness (QED) is 0.176. The first-order valence-corrected chi connectivity index (χ1v) is 16.0. The van der Waals surface area contributed by atoms with E-state index in [1.807, 2.05) is 97.1 Å². The van der Waals surface area contributed by atoms with Crippen molar-refractivity contribution in [1.82, 2.24) is 0 Å². The molecule has 0 saturated carbocycles. The molecular weight excluding hydrogens is 593 g/mol. The minimum Gasteiger partial charge on any atom is -0.456 e. The first kappa shape index (κ1) is 19.4. The zero-order valence-corrected chi connectivity index (χ0v) is 26.0. The van der Waals surface area contributed by atoms with Crippen LogP contribution in [0.2, 0.25) is 0 Å². The predicted octanol–water partition coefficient (Wildman–Crippen LogP) is 13.7. The summed E-state index contributed by atoms with van der Waals surface area (Å²) in [6.45, 7) is 0. The van der Waals surface area contributed by atoms with Gasteiger partial charge >= 0.3 is 0 Å². The van der Waals surface area contributed by atoms with Crippen LogP contribution in [0.1, 0.15) is 13.7 Å². The zero-order valence-electron chi connectivity index (χ0n) is 36.0. The van der Waals surface area contributed by atoms with Gasteiger partial charge in [-0.1, -0.05) is 158 Å². The topological polar surface area (TPSA) is 13.1 Å². The van der Waals surface area contributed by atoms with Crippen molar-refractivity contribution in [3.8, 4) is 44.5 Å². The lowest BCUT2D eigenvalue weighted by molar-refractivity contribution is 0.669. The SMILES string of the molecule is [2H]c1c([2H])c(-c2cccc3ccccc23)c([2H])c(-c2c3ccccc3c(-c3c([2H])c([2H])c([2H])c4oc5c([2H])c(-c6ccccc6)c([2H])c([2H])c5c34)c3ccccc23)c1[2H]. The van der Waals surface area contributed by atoms with Gasteiger partial charge in [0.05, 0.1) is 13.7 Å². The Morgan fingerprint density at radius 1 is 0.367 bits per heavy atom. The minimum absolute atomic E-state index is 0.0260. The van der Waals surface area contributed by atoms with Gasteiger partial charge in [0.1, 0.15) is 11.2 Å². The molecular formula is C48H30O. The fourth-order valence-electron chi connectivity index (χ4n) is 7.10. The summed E-state index contributed by atoms with van der Waals surface area (Å²) in [6.07, 6.45) is 0. The molecule has 0 atom stereocenters. The molecule has 49 heavy (non-hydrogen) atoms. The maximum absolute atomic E-state index is 9.78. The van der Waals surface area contributed by atoms with E-state index < -0.39 is 6.04 Å². The highest BCUT2D eigenvalue weighted by Gasteiger charge is 2.20. The fourth-order valence-corrected chi connectivity index (χ4v) is 7.10. The summed E-state index contributed by atoms with van der Waals surface area (Å²) in [7, 11) is 0. The smallest absolute Gasteiger partial charge is 0.136 e. The summed E-state index contributed by atoms with van der Waals surface area (Å²) in [5.74, 6) is 0. The molecule has 9 aromatic carbocycles.